The molecule has 10 heavy (non-hydrogen) atoms. The average molecular weight is 197 g/mol. The Bertz CT molecular complexity index is 71.5. The third kappa shape index (κ3) is 15.7. The standard InChI is InChI=1S/C3H8N2O2.Co.2H2O/c4-2-1-3(6)5-7;;;/h7H,1-2,4H2,(H,5,6);;2*1H2/q;+2;;/p-2. The fraction of sp³-hybridized carbons (Fsp3) is 0.667. The molecule has 0 saturated heterocycles. The number of carbonyl (C=O) groups is 1. The van der Waals surface area contributed by atoms with E-state index in [0.717, 1.165) is 0 Å². The van der Waals surface area contributed by atoms with E-state index in [4.69, 9.17) is 10.9 Å². The van der Waals surface area contributed by atoms with Crippen LogP contribution in [0, 0.1) is 0 Å². The van der Waals surface area contributed by atoms with Gasteiger partial charge in [-0.1, -0.05) is 0 Å². The summed E-state index contributed by atoms with van der Waals surface area (Å²) in [5.41, 5.74) is 6.38. The van der Waals surface area contributed by atoms with Gasteiger partial charge >= 0.3 is 16.8 Å². The summed E-state index contributed by atoms with van der Waals surface area (Å²) in [7, 11) is 0. The Morgan fingerprint density at radius 2 is 1.90 bits per heavy atom. The SMILES string of the molecule is NCCC(=O)NO.[Co+2].[OH-].[OH-]. The summed E-state index contributed by atoms with van der Waals surface area (Å²) in [6.07, 6.45) is 0.177. The molecule has 6 nitrogen and oxygen atoms in total. The van der Waals surface area contributed by atoms with Crippen LogP contribution >= 0.6 is 0 Å². The van der Waals surface area contributed by atoms with E-state index in [9.17, 15) is 4.79 Å². The van der Waals surface area contributed by atoms with Crippen LogP contribution in [0.5, 0.6) is 0 Å². The summed E-state index contributed by atoms with van der Waals surface area (Å²) in [5, 5.41) is 7.81. The van der Waals surface area contributed by atoms with Crippen molar-refractivity contribution in [1.82, 2.24) is 5.48 Å². The number of rotatable bonds is 2. The van der Waals surface area contributed by atoms with E-state index in [1.54, 1.807) is 0 Å². The molecule has 0 aromatic heterocycles. The Balaban J connectivity index is -0.0000000600. The molecule has 1 radical (unpaired) electrons. The fourth-order valence-corrected chi connectivity index (χ4v) is 0.187. The minimum atomic E-state index is -0.442. The molecule has 0 unspecified atom stereocenters. The van der Waals surface area contributed by atoms with E-state index >= 15 is 0 Å². The maximum Gasteiger partial charge on any atom is 2.00 e. The largest absolute Gasteiger partial charge is 2.00 e. The first-order valence-electron chi connectivity index (χ1n) is 1.94. The van der Waals surface area contributed by atoms with Crippen molar-refractivity contribution in [2.24, 2.45) is 5.73 Å². The normalized spacial score (nSPS) is 5.80. The Morgan fingerprint density at radius 3 is 2.00 bits per heavy atom. The molecule has 0 atom stereocenters. The summed E-state index contributed by atoms with van der Waals surface area (Å²) in [6.45, 7) is 0.270. The number of nitrogens with one attached hydrogen (secondary N) is 1. The van der Waals surface area contributed by atoms with Crippen LogP contribution in [-0.2, 0) is 21.6 Å². The van der Waals surface area contributed by atoms with Crippen LogP contribution in [0.25, 0.3) is 0 Å². The second kappa shape index (κ2) is 15.9. The number of hydrogen-bond acceptors (Lipinski definition) is 5. The van der Waals surface area contributed by atoms with E-state index in [1.807, 2.05) is 0 Å². The third-order valence-electron chi connectivity index (χ3n) is 0.496. The number of amides is 1. The molecular formula is C3H10CoN2O4. The molecule has 0 aromatic carbocycles. The van der Waals surface area contributed by atoms with Gasteiger partial charge in [-0.2, -0.15) is 0 Å². The number of nitrogens with two attached hydrogens (primary N) is 1. The van der Waals surface area contributed by atoms with Crippen molar-refractivity contribution in [3.63, 3.8) is 0 Å². The molecule has 6 N–H and O–H groups in total. The van der Waals surface area contributed by atoms with Gasteiger partial charge in [0.2, 0.25) is 5.91 Å². The van der Waals surface area contributed by atoms with Gasteiger partial charge in [0.05, 0.1) is 0 Å². The molecular weight excluding hydrogens is 187 g/mol. The summed E-state index contributed by atoms with van der Waals surface area (Å²) in [5.74, 6) is -0.442. The Hall–Kier alpha value is -0.184. The maximum absolute atomic E-state index is 9.97. The van der Waals surface area contributed by atoms with E-state index in [0.29, 0.717) is 0 Å². The van der Waals surface area contributed by atoms with Gasteiger partial charge in [-0.25, -0.2) is 5.48 Å². The van der Waals surface area contributed by atoms with Crippen molar-refractivity contribution in [3.05, 3.63) is 0 Å². The molecule has 0 fully saturated rings. The Labute approximate surface area is 68.6 Å². The number of hydrogen-bond donors (Lipinski definition) is 3. The molecule has 65 valence electrons. The number of carbonyl (C=O) groups excluding carboxylic acids is 1. The van der Waals surface area contributed by atoms with E-state index in [1.165, 1.54) is 5.48 Å². The second-order valence-corrected chi connectivity index (χ2v) is 1.07. The van der Waals surface area contributed by atoms with Crippen molar-refractivity contribution >= 4 is 5.91 Å². The monoisotopic (exact) mass is 197 g/mol. The molecule has 0 rings (SSSR count). The van der Waals surface area contributed by atoms with Crippen LogP contribution in [0.3, 0.4) is 0 Å². The molecule has 0 aliphatic heterocycles. The number of hydroxylamine groups is 1. The molecule has 0 aliphatic carbocycles. The first kappa shape index (κ1) is 22.6. The first-order valence-corrected chi connectivity index (χ1v) is 1.94. The van der Waals surface area contributed by atoms with Crippen LogP contribution < -0.4 is 11.2 Å². The quantitative estimate of drug-likeness (QED) is 0.365. The molecule has 0 bridgehead atoms. The zero-order chi connectivity index (χ0) is 5.70. The Morgan fingerprint density at radius 1 is 1.50 bits per heavy atom. The van der Waals surface area contributed by atoms with Gasteiger partial charge in [-0.3, -0.25) is 10.0 Å². The van der Waals surface area contributed by atoms with Gasteiger partial charge in [-0.05, 0) is 0 Å². The first-order chi connectivity index (χ1) is 3.31. The molecule has 0 heterocycles. The predicted octanol–water partition coefficient (Wildman–Crippen LogP) is -1.52. The third-order valence-corrected chi connectivity index (χ3v) is 0.496. The van der Waals surface area contributed by atoms with Crippen molar-refractivity contribution < 1.29 is 37.7 Å². The van der Waals surface area contributed by atoms with Crippen LogP contribution in [-0.4, -0.2) is 28.6 Å². The Kier molecular flexibility index (Phi) is 35.9. The van der Waals surface area contributed by atoms with E-state index in [2.05, 4.69) is 0 Å². The predicted molar refractivity (Wildman–Crippen MR) is 27.5 cm³/mol. The van der Waals surface area contributed by atoms with Crippen molar-refractivity contribution in [2.45, 2.75) is 6.42 Å². The van der Waals surface area contributed by atoms with Gasteiger partial charge < -0.3 is 16.7 Å². The van der Waals surface area contributed by atoms with Crippen LogP contribution in [0.1, 0.15) is 6.42 Å². The fourth-order valence-electron chi connectivity index (χ4n) is 0.187. The van der Waals surface area contributed by atoms with Gasteiger partial charge in [0.25, 0.3) is 0 Å². The molecule has 7 heteroatoms. The zero-order valence-corrected chi connectivity index (χ0v) is 6.12. The average Bonchev–Trinajstić information content (AvgIpc) is 1.68. The van der Waals surface area contributed by atoms with Gasteiger partial charge in [0.1, 0.15) is 0 Å². The smallest absolute Gasteiger partial charge is 0.870 e. The van der Waals surface area contributed by atoms with Crippen LogP contribution in [0.2, 0.25) is 0 Å². The van der Waals surface area contributed by atoms with Crippen LogP contribution in [0.15, 0.2) is 0 Å². The summed E-state index contributed by atoms with van der Waals surface area (Å²) in [6, 6.07) is 0. The molecule has 0 aromatic rings. The summed E-state index contributed by atoms with van der Waals surface area (Å²) >= 11 is 0. The van der Waals surface area contributed by atoms with Gasteiger partial charge in [0.15, 0.2) is 0 Å². The summed E-state index contributed by atoms with van der Waals surface area (Å²) < 4.78 is 0. The van der Waals surface area contributed by atoms with E-state index < -0.39 is 5.91 Å². The molecule has 1 amide bonds. The van der Waals surface area contributed by atoms with Gasteiger partial charge in [-0.15, -0.1) is 0 Å². The molecule has 0 aliphatic rings. The second-order valence-electron chi connectivity index (χ2n) is 1.07. The van der Waals surface area contributed by atoms with Crippen molar-refractivity contribution in [1.29, 1.82) is 0 Å². The minimum Gasteiger partial charge on any atom is -0.870 e. The van der Waals surface area contributed by atoms with E-state index in [-0.39, 0.29) is 40.7 Å². The van der Waals surface area contributed by atoms with Gasteiger partial charge in [0, 0.05) is 13.0 Å². The van der Waals surface area contributed by atoms with Crippen molar-refractivity contribution in [2.75, 3.05) is 6.54 Å². The maximum atomic E-state index is 9.97. The topological polar surface area (TPSA) is 135 Å². The zero-order valence-electron chi connectivity index (χ0n) is 5.07. The molecule has 0 saturated carbocycles. The summed E-state index contributed by atoms with van der Waals surface area (Å²) in [4.78, 5) is 9.97. The minimum absolute atomic E-state index is 0. The molecule has 0 spiro atoms. The van der Waals surface area contributed by atoms with Crippen molar-refractivity contribution in [3.8, 4) is 0 Å². The van der Waals surface area contributed by atoms with Crippen LogP contribution in [0.4, 0.5) is 0 Å².